The van der Waals surface area contributed by atoms with Crippen molar-refractivity contribution in [2.45, 2.75) is 0 Å². The number of halogens is 2. The summed E-state index contributed by atoms with van der Waals surface area (Å²) in [7, 11) is 0. The maximum Gasteiger partial charge on any atom is 0.184 e. The Kier molecular flexibility index (Phi) is 4.34. The summed E-state index contributed by atoms with van der Waals surface area (Å²) in [5, 5.41) is 0. The Labute approximate surface area is 139 Å². The van der Waals surface area contributed by atoms with Crippen molar-refractivity contribution in [2.75, 3.05) is 0 Å². The molecule has 1 nitrogen and oxygen atoms in total. The topological polar surface area (TPSA) is 12.4 Å². The van der Waals surface area contributed by atoms with Crippen molar-refractivity contribution in [1.29, 1.82) is 0 Å². The van der Waals surface area contributed by atoms with E-state index < -0.39 is 11.6 Å². The molecule has 0 spiro atoms. The average Bonchev–Trinajstić information content (AvgIpc) is 2.64. The van der Waals surface area contributed by atoms with Crippen molar-refractivity contribution in [3.05, 3.63) is 84.4 Å². The number of rotatable bonds is 4. The predicted molar refractivity (Wildman–Crippen MR) is 96.5 cm³/mol. The fourth-order valence-corrected chi connectivity index (χ4v) is 2.54. The molecular weight excluding hydrogens is 304 g/mol. The fraction of sp³-hybridized carbons (Fsp3) is 0. The standard InChI is InChI=1S/C21H15F2N/c1-3-14-4-6-15(7-5-14)16-8-10-17(11-9-16)18-12-13-19(24-2)21(23)20(18)22/h3-13H,1-2H2. The molecule has 24 heavy (non-hydrogen) atoms. The minimum Gasteiger partial charge on any atom is -0.261 e. The second kappa shape index (κ2) is 6.59. The van der Waals surface area contributed by atoms with Crippen LogP contribution < -0.4 is 0 Å². The van der Waals surface area contributed by atoms with E-state index in [4.69, 9.17) is 0 Å². The maximum atomic E-state index is 14.2. The monoisotopic (exact) mass is 319 g/mol. The largest absolute Gasteiger partial charge is 0.261 e. The highest BCUT2D eigenvalue weighted by molar-refractivity contribution is 5.72. The molecule has 3 heteroatoms. The van der Waals surface area contributed by atoms with Gasteiger partial charge in [0.2, 0.25) is 0 Å². The van der Waals surface area contributed by atoms with Gasteiger partial charge in [-0.1, -0.05) is 61.2 Å². The van der Waals surface area contributed by atoms with Crippen molar-refractivity contribution in [1.82, 2.24) is 0 Å². The Bertz CT molecular complexity index is 894. The van der Waals surface area contributed by atoms with Crippen LogP contribution in [0.25, 0.3) is 28.3 Å². The molecule has 0 saturated carbocycles. The molecule has 0 amide bonds. The summed E-state index contributed by atoms with van der Waals surface area (Å²) in [6.45, 7) is 6.96. The molecule has 3 aromatic rings. The van der Waals surface area contributed by atoms with Gasteiger partial charge in [0, 0.05) is 5.56 Å². The molecule has 0 saturated heterocycles. The summed E-state index contributed by atoms with van der Waals surface area (Å²) in [6.07, 6.45) is 1.78. The first-order chi connectivity index (χ1) is 11.6. The van der Waals surface area contributed by atoms with Gasteiger partial charge < -0.3 is 0 Å². The molecule has 0 aliphatic rings. The molecule has 0 fully saturated rings. The Hall–Kier alpha value is -3.07. The van der Waals surface area contributed by atoms with Crippen LogP contribution in [0.1, 0.15) is 5.56 Å². The lowest BCUT2D eigenvalue weighted by Gasteiger charge is -2.08. The highest BCUT2D eigenvalue weighted by Crippen LogP contribution is 2.31. The van der Waals surface area contributed by atoms with E-state index in [1.807, 2.05) is 36.4 Å². The first kappa shape index (κ1) is 15.8. The third-order valence-electron chi connectivity index (χ3n) is 3.91. The number of aliphatic imine (C=N–C) groups is 1. The van der Waals surface area contributed by atoms with Crippen LogP contribution in [0.2, 0.25) is 0 Å². The van der Waals surface area contributed by atoms with Gasteiger partial charge in [-0.15, -0.1) is 0 Å². The van der Waals surface area contributed by atoms with Gasteiger partial charge in [-0.3, -0.25) is 4.99 Å². The van der Waals surface area contributed by atoms with Crippen LogP contribution >= 0.6 is 0 Å². The third-order valence-corrected chi connectivity index (χ3v) is 3.91. The molecule has 0 heterocycles. The normalized spacial score (nSPS) is 10.4. The molecule has 0 bridgehead atoms. The summed E-state index contributed by atoms with van der Waals surface area (Å²) in [5.41, 5.74) is 3.81. The maximum absolute atomic E-state index is 14.2. The average molecular weight is 319 g/mol. The molecule has 0 radical (unpaired) electrons. The summed E-state index contributed by atoms with van der Waals surface area (Å²) in [5.74, 6) is -1.89. The SMILES string of the molecule is C=Cc1ccc(-c2ccc(-c3ccc(N=C)c(F)c3F)cc2)cc1. The molecule has 0 aromatic heterocycles. The molecule has 0 atom stereocenters. The highest BCUT2D eigenvalue weighted by Gasteiger charge is 2.14. The lowest BCUT2D eigenvalue weighted by Crippen LogP contribution is -1.90. The third kappa shape index (κ3) is 2.88. The Morgan fingerprint density at radius 2 is 1.25 bits per heavy atom. The summed E-state index contributed by atoms with van der Waals surface area (Å²) < 4.78 is 28.0. The van der Waals surface area contributed by atoms with Gasteiger partial charge in [0.05, 0.1) is 0 Å². The van der Waals surface area contributed by atoms with Gasteiger partial charge in [0.1, 0.15) is 5.69 Å². The number of hydrogen-bond donors (Lipinski definition) is 0. The molecule has 3 aromatic carbocycles. The second-order valence-electron chi connectivity index (χ2n) is 5.32. The van der Waals surface area contributed by atoms with Crippen molar-refractivity contribution in [2.24, 2.45) is 4.99 Å². The van der Waals surface area contributed by atoms with Gasteiger partial charge >= 0.3 is 0 Å². The molecule has 0 unspecified atom stereocenters. The quantitative estimate of drug-likeness (QED) is 0.502. The van der Waals surface area contributed by atoms with Gasteiger partial charge in [-0.2, -0.15) is 0 Å². The zero-order valence-corrected chi connectivity index (χ0v) is 13.0. The number of hydrogen-bond acceptors (Lipinski definition) is 1. The van der Waals surface area contributed by atoms with Crippen molar-refractivity contribution < 1.29 is 8.78 Å². The van der Waals surface area contributed by atoms with Gasteiger partial charge in [-0.05, 0) is 41.1 Å². The Balaban J connectivity index is 1.96. The zero-order chi connectivity index (χ0) is 17.1. The molecule has 0 N–H and O–H groups in total. The van der Waals surface area contributed by atoms with E-state index in [1.165, 1.54) is 12.1 Å². The van der Waals surface area contributed by atoms with Crippen molar-refractivity contribution in [3.8, 4) is 22.3 Å². The molecule has 118 valence electrons. The first-order valence-electron chi connectivity index (χ1n) is 7.42. The Morgan fingerprint density at radius 1 is 0.708 bits per heavy atom. The van der Waals surface area contributed by atoms with E-state index in [-0.39, 0.29) is 11.3 Å². The number of benzene rings is 3. The lowest BCUT2D eigenvalue weighted by molar-refractivity contribution is 0.513. The highest BCUT2D eigenvalue weighted by atomic mass is 19.2. The minimum atomic E-state index is -0.980. The van der Waals surface area contributed by atoms with E-state index in [9.17, 15) is 8.78 Å². The van der Waals surface area contributed by atoms with Gasteiger partial charge in [-0.25, -0.2) is 8.78 Å². The lowest BCUT2D eigenvalue weighted by atomic mass is 9.99. The van der Waals surface area contributed by atoms with Gasteiger partial charge in [0.25, 0.3) is 0 Å². The smallest absolute Gasteiger partial charge is 0.184 e. The van der Waals surface area contributed by atoms with Crippen molar-refractivity contribution in [3.63, 3.8) is 0 Å². The zero-order valence-electron chi connectivity index (χ0n) is 13.0. The van der Waals surface area contributed by atoms with E-state index in [2.05, 4.69) is 18.3 Å². The van der Waals surface area contributed by atoms with Crippen LogP contribution in [0, 0.1) is 11.6 Å². The van der Waals surface area contributed by atoms with Crippen LogP contribution in [-0.2, 0) is 0 Å². The van der Waals surface area contributed by atoms with Crippen molar-refractivity contribution >= 4 is 18.5 Å². The van der Waals surface area contributed by atoms with E-state index in [0.29, 0.717) is 5.56 Å². The van der Waals surface area contributed by atoms with E-state index in [1.54, 1.807) is 18.2 Å². The van der Waals surface area contributed by atoms with Crippen LogP contribution in [0.3, 0.4) is 0 Å². The minimum absolute atomic E-state index is 0.0878. The summed E-state index contributed by atoms with van der Waals surface area (Å²) in [6, 6.07) is 18.2. The second-order valence-corrected chi connectivity index (χ2v) is 5.32. The molecular formula is C21H15F2N. The fourth-order valence-electron chi connectivity index (χ4n) is 2.54. The van der Waals surface area contributed by atoms with Crippen LogP contribution in [0.15, 0.2) is 72.2 Å². The van der Waals surface area contributed by atoms with E-state index >= 15 is 0 Å². The van der Waals surface area contributed by atoms with Crippen LogP contribution in [0.4, 0.5) is 14.5 Å². The summed E-state index contributed by atoms with van der Waals surface area (Å²) in [4.78, 5) is 3.46. The van der Waals surface area contributed by atoms with Gasteiger partial charge in [0.15, 0.2) is 11.6 Å². The molecule has 0 aliphatic carbocycles. The Morgan fingerprint density at radius 3 is 1.79 bits per heavy atom. The summed E-state index contributed by atoms with van der Waals surface area (Å²) >= 11 is 0. The predicted octanol–water partition coefficient (Wildman–Crippen LogP) is 6.27. The first-order valence-corrected chi connectivity index (χ1v) is 7.42. The molecule has 0 aliphatic heterocycles. The van der Waals surface area contributed by atoms with E-state index in [0.717, 1.165) is 16.7 Å². The van der Waals surface area contributed by atoms with Crippen LogP contribution in [-0.4, -0.2) is 6.72 Å². The van der Waals surface area contributed by atoms with Crippen LogP contribution in [0.5, 0.6) is 0 Å². The number of nitrogens with zero attached hydrogens (tertiary/aromatic N) is 1. The molecule has 3 rings (SSSR count).